The minimum Gasteiger partial charge on any atom is -0.463 e. The van der Waals surface area contributed by atoms with Crippen LogP contribution in [-0.4, -0.2) is 23.2 Å². The average Bonchev–Trinajstić information content (AvgIpc) is 2.85. The van der Waals surface area contributed by atoms with E-state index in [4.69, 9.17) is 4.42 Å². The third-order valence-corrected chi connectivity index (χ3v) is 2.85. The molecule has 2 rings (SSSR count). The first-order valence-corrected chi connectivity index (χ1v) is 6.31. The standard InChI is InChI=1S/C14H16F2N2O3/c1-9-3-5-11(20-9)14(2,19)8-18-12-6-4-10(7-17-12)21-13(15)16/h3-7,13,19H,8H2,1-2H3,(H,17,18)/t14-/m1/s1. The van der Waals surface area contributed by atoms with Crippen molar-refractivity contribution in [3.63, 3.8) is 0 Å². The molecule has 0 aromatic carbocycles. The molecule has 2 aromatic rings. The lowest BCUT2D eigenvalue weighted by Gasteiger charge is -2.21. The Kier molecular flexibility index (Phi) is 4.42. The maximum atomic E-state index is 12.0. The second-order valence-electron chi connectivity index (χ2n) is 4.80. The van der Waals surface area contributed by atoms with Gasteiger partial charge in [0.2, 0.25) is 0 Å². The van der Waals surface area contributed by atoms with Gasteiger partial charge in [-0.3, -0.25) is 0 Å². The summed E-state index contributed by atoms with van der Waals surface area (Å²) in [5.41, 5.74) is -1.21. The Morgan fingerprint density at radius 3 is 2.67 bits per heavy atom. The fraction of sp³-hybridized carbons (Fsp3) is 0.357. The number of furan rings is 1. The predicted molar refractivity (Wildman–Crippen MR) is 72.4 cm³/mol. The van der Waals surface area contributed by atoms with E-state index in [1.807, 2.05) is 0 Å². The number of hydrogen-bond donors (Lipinski definition) is 2. The van der Waals surface area contributed by atoms with Crippen LogP contribution in [0.5, 0.6) is 5.75 Å². The second-order valence-corrected chi connectivity index (χ2v) is 4.80. The van der Waals surface area contributed by atoms with Crippen LogP contribution in [0.3, 0.4) is 0 Å². The van der Waals surface area contributed by atoms with Gasteiger partial charge in [0.05, 0.1) is 12.7 Å². The molecule has 0 amide bonds. The van der Waals surface area contributed by atoms with Crippen LogP contribution in [0.25, 0.3) is 0 Å². The van der Waals surface area contributed by atoms with Gasteiger partial charge in [0.25, 0.3) is 0 Å². The van der Waals surface area contributed by atoms with E-state index in [1.54, 1.807) is 26.0 Å². The zero-order valence-corrected chi connectivity index (χ0v) is 11.6. The van der Waals surface area contributed by atoms with E-state index in [2.05, 4.69) is 15.0 Å². The molecule has 1 atom stereocenters. The minimum absolute atomic E-state index is 0.0241. The first-order chi connectivity index (χ1) is 9.87. The first-order valence-electron chi connectivity index (χ1n) is 6.31. The first kappa shape index (κ1) is 15.2. The van der Waals surface area contributed by atoms with Crippen LogP contribution in [-0.2, 0) is 5.60 Å². The van der Waals surface area contributed by atoms with Crippen molar-refractivity contribution in [1.29, 1.82) is 0 Å². The summed E-state index contributed by atoms with van der Waals surface area (Å²) in [6, 6.07) is 6.32. The molecule has 0 bridgehead atoms. The lowest BCUT2D eigenvalue weighted by atomic mass is 10.0. The Labute approximate surface area is 120 Å². The summed E-state index contributed by atoms with van der Waals surface area (Å²) in [4.78, 5) is 3.92. The predicted octanol–water partition coefficient (Wildman–Crippen LogP) is 2.90. The third kappa shape index (κ3) is 4.16. The molecule has 7 heteroatoms. The maximum absolute atomic E-state index is 12.0. The number of ether oxygens (including phenoxy) is 1. The van der Waals surface area contributed by atoms with E-state index >= 15 is 0 Å². The van der Waals surface area contributed by atoms with Crippen LogP contribution < -0.4 is 10.1 Å². The van der Waals surface area contributed by atoms with Crippen LogP contribution in [0.1, 0.15) is 18.4 Å². The summed E-state index contributed by atoms with van der Waals surface area (Å²) in [6.07, 6.45) is 1.18. The Bertz CT molecular complexity index is 582. The molecular weight excluding hydrogens is 282 g/mol. The molecule has 0 saturated carbocycles. The van der Waals surface area contributed by atoms with Crippen molar-refractivity contribution >= 4 is 5.82 Å². The van der Waals surface area contributed by atoms with Crippen LogP contribution >= 0.6 is 0 Å². The van der Waals surface area contributed by atoms with Gasteiger partial charge in [0.15, 0.2) is 0 Å². The van der Waals surface area contributed by atoms with Gasteiger partial charge in [-0.1, -0.05) is 0 Å². The van der Waals surface area contributed by atoms with Crippen LogP contribution in [0.15, 0.2) is 34.9 Å². The number of nitrogens with zero attached hydrogens (tertiary/aromatic N) is 1. The van der Waals surface area contributed by atoms with Crippen molar-refractivity contribution in [2.24, 2.45) is 0 Å². The highest BCUT2D eigenvalue weighted by Crippen LogP contribution is 2.23. The number of aryl methyl sites for hydroxylation is 1. The molecule has 2 N–H and O–H groups in total. The van der Waals surface area contributed by atoms with E-state index in [0.717, 1.165) is 0 Å². The molecule has 0 saturated heterocycles. The SMILES string of the molecule is Cc1ccc([C@](C)(O)CNc2ccc(OC(F)F)cn2)o1. The molecule has 0 aliphatic carbocycles. The van der Waals surface area contributed by atoms with Crippen molar-refractivity contribution in [3.8, 4) is 5.75 Å². The number of halogens is 2. The molecule has 0 fully saturated rings. The summed E-state index contributed by atoms with van der Waals surface area (Å²) >= 11 is 0. The fourth-order valence-electron chi connectivity index (χ4n) is 1.73. The van der Waals surface area contributed by atoms with Crippen molar-refractivity contribution in [3.05, 3.63) is 42.0 Å². The highest BCUT2D eigenvalue weighted by atomic mass is 19.3. The number of pyridine rings is 1. The van der Waals surface area contributed by atoms with Crippen molar-refractivity contribution in [1.82, 2.24) is 4.98 Å². The van der Waals surface area contributed by atoms with Crippen LogP contribution in [0.2, 0.25) is 0 Å². The van der Waals surface area contributed by atoms with E-state index in [1.165, 1.54) is 18.3 Å². The summed E-state index contributed by atoms with van der Waals surface area (Å²) in [6.45, 7) is 0.665. The normalized spacial score (nSPS) is 14.0. The molecule has 114 valence electrons. The van der Waals surface area contributed by atoms with E-state index < -0.39 is 12.2 Å². The molecule has 5 nitrogen and oxygen atoms in total. The summed E-state index contributed by atoms with van der Waals surface area (Å²) < 4.78 is 33.6. The zero-order valence-electron chi connectivity index (χ0n) is 11.6. The molecule has 0 aliphatic heterocycles. The van der Waals surface area contributed by atoms with Gasteiger partial charge < -0.3 is 19.6 Å². The van der Waals surface area contributed by atoms with E-state index in [-0.39, 0.29) is 12.3 Å². The molecule has 2 heterocycles. The molecule has 0 spiro atoms. The number of alkyl halides is 2. The van der Waals surface area contributed by atoms with Gasteiger partial charge in [-0.25, -0.2) is 4.98 Å². The monoisotopic (exact) mass is 298 g/mol. The van der Waals surface area contributed by atoms with E-state index in [9.17, 15) is 13.9 Å². The zero-order chi connectivity index (χ0) is 15.5. The fourth-order valence-corrected chi connectivity index (χ4v) is 1.73. The van der Waals surface area contributed by atoms with Gasteiger partial charge in [0, 0.05) is 0 Å². The largest absolute Gasteiger partial charge is 0.463 e. The molecule has 0 radical (unpaired) electrons. The Balaban J connectivity index is 1.96. The van der Waals surface area contributed by atoms with Crippen LogP contribution in [0.4, 0.5) is 14.6 Å². The smallest absolute Gasteiger partial charge is 0.387 e. The number of rotatable bonds is 6. The summed E-state index contributed by atoms with van der Waals surface area (Å²) in [5, 5.41) is 13.2. The Hall–Kier alpha value is -2.15. The number of nitrogens with one attached hydrogen (secondary N) is 1. The Morgan fingerprint density at radius 2 is 2.14 bits per heavy atom. The van der Waals surface area contributed by atoms with E-state index in [0.29, 0.717) is 17.3 Å². The number of hydrogen-bond acceptors (Lipinski definition) is 5. The highest BCUT2D eigenvalue weighted by molar-refractivity contribution is 5.38. The van der Waals surface area contributed by atoms with Crippen molar-refractivity contribution in [2.75, 3.05) is 11.9 Å². The molecule has 2 aromatic heterocycles. The molecule has 21 heavy (non-hydrogen) atoms. The lowest BCUT2D eigenvalue weighted by molar-refractivity contribution is -0.0500. The molecule has 0 aliphatic rings. The van der Waals surface area contributed by atoms with Gasteiger partial charge in [-0.05, 0) is 38.1 Å². The summed E-state index contributed by atoms with van der Waals surface area (Å²) in [7, 11) is 0. The molecule has 0 unspecified atom stereocenters. The maximum Gasteiger partial charge on any atom is 0.387 e. The topological polar surface area (TPSA) is 67.5 Å². The number of aromatic nitrogens is 1. The van der Waals surface area contributed by atoms with Gasteiger partial charge in [-0.2, -0.15) is 8.78 Å². The Morgan fingerprint density at radius 1 is 1.38 bits per heavy atom. The highest BCUT2D eigenvalue weighted by Gasteiger charge is 2.26. The number of anilines is 1. The van der Waals surface area contributed by atoms with Crippen LogP contribution in [0, 0.1) is 6.92 Å². The molecular formula is C14H16F2N2O3. The van der Waals surface area contributed by atoms with Gasteiger partial charge >= 0.3 is 6.61 Å². The average molecular weight is 298 g/mol. The number of aliphatic hydroxyl groups is 1. The van der Waals surface area contributed by atoms with Gasteiger partial charge in [-0.15, -0.1) is 0 Å². The van der Waals surface area contributed by atoms with Crippen molar-refractivity contribution < 1.29 is 23.0 Å². The minimum atomic E-state index is -2.88. The third-order valence-electron chi connectivity index (χ3n) is 2.85. The van der Waals surface area contributed by atoms with Crippen molar-refractivity contribution in [2.45, 2.75) is 26.1 Å². The lowest BCUT2D eigenvalue weighted by Crippen LogP contribution is -2.30. The quantitative estimate of drug-likeness (QED) is 0.858. The van der Waals surface area contributed by atoms with Gasteiger partial charge in [0.1, 0.15) is 28.7 Å². The second kappa shape index (κ2) is 6.09. The summed E-state index contributed by atoms with van der Waals surface area (Å²) in [5.74, 6) is 1.55.